The zero-order chi connectivity index (χ0) is 27.6. The van der Waals surface area contributed by atoms with Gasteiger partial charge < -0.3 is 36.1 Å². The first-order valence-electron chi connectivity index (χ1n) is 14.9. The van der Waals surface area contributed by atoms with Crippen LogP contribution in [-0.2, 0) is 9.59 Å². The quantitative estimate of drug-likeness (QED) is 0.197. The monoisotopic (exact) mass is 533 g/mol. The Kier molecular flexibility index (Phi) is 12.1. The van der Waals surface area contributed by atoms with Gasteiger partial charge in [0, 0.05) is 49.0 Å². The highest BCUT2D eigenvalue weighted by Gasteiger charge is 2.36. The lowest BCUT2D eigenvalue weighted by Gasteiger charge is -2.41. The minimum absolute atomic E-state index is 0.0845. The number of aliphatic hydroxyl groups is 2. The van der Waals surface area contributed by atoms with E-state index in [1.165, 1.54) is 0 Å². The van der Waals surface area contributed by atoms with E-state index < -0.39 is 11.6 Å². The Morgan fingerprint density at radius 3 is 2.76 bits per heavy atom. The van der Waals surface area contributed by atoms with E-state index in [0.29, 0.717) is 24.8 Å². The predicted octanol–water partition coefficient (Wildman–Crippen LogP) is 2.75. The van der Waals surface area contributed by atoms with Gasteiger partial charge in [0.15, 0.2) is 0 Å². The highest BCUT2D eigenvalue weighted by atomic mass is 16.4. The largest absolute Gasteiger partial charge is 0.481 e. The van der Waals surface area contributed by atoms with E-state index in [2.05, 4.69) is 34.7 Å². The maximum atomic E-state index is 11.5. The van der Waals surface area contributed by atoms with Gasteiger partial charge in [0.1, 0.15) is 6.29 Å². The minimum atomic E-state index is -1.26. The third-order valence-electron chi connectivity index (χ3n) is 9.09. The Hall–Kier alpha value is -1.50. The first kappa shape index (κ1) is 31.0. The standard InChI is InChI=1S/C30H51N3O5/c1-22-27(35)12-11-25(33-22)18-24(13-17-34)10-9-23-6-3-4-14-30(38,20-28(36)37)21-32-29(2)15-16-31-26(19-29)8-5-7-23/h17,22-27,31-33,35,38H,3-4,6,8-16,18-21H2,1-2H3,(H,36,37)/t22-,23+,24+,25-,26+,27+,29+,30+/m0/s1. The van der Waals surface area contributed by atoms with Crippen molar-refractivity contribution in [3.8, 4) is 11.8 Å². The minimum Gasteiger partial charge on any atom is -0.481 e. The van der Waals surface area contributed by atoms with E-state index in [4.69, 9.17) is 0 Å². The fourth-order valence-corrected chi connectivity index (χ4v) is 6.62. The summed E-state index contributed by atoms with van der Waals surface area (Å²) in [5, 5.41) is 41.3. The molecule has 38 heavy (non-hydrogen) atoms. The molecule has 0 unspecified atom stereocenters. The highest BCUT2D eigenvalue weighted by molar-refractivity contribution is 5.68. The first-order chi connectivity index (χ1) is 18.1. The average Bonchev–Trinajstić information content (AvgIpc) is 2.85. The number of carbonyl (C=O) groups excluding carboxylic acids is 1. The number of aldehydes is 1. The van der Waals surface area contributed by atoms with Crippen LogP contribution in [0.5, 0.6) is 0 Å². The molecule has 0 radical (unpaired) electrons. The van der Waals surface area contributed by atoms with Crippen LogP contribution in [0.1, 0.15) is 104 Å². The molecule has 3 rings (SSSR count). The maximum absolute atomic E-state index is 11.5. The number of piperidine rings is 2. The van der Waals surface area contributed by atoms with Gasteiger partial charge in [-0.05, 0) is 84.1 Å². The van der Waals surface area contributed by atoms with Crippen molar-refractivity contribution in [2.45, 2.75) is 139 Å². The second-order valence-corrected chi connectivity index (χ2v) is 12.7. The Morgan fingerprint density at radius 1 is 1.21 bits per heavy atom. The number of carboxylic acids is 1. The van der Waals surface area contributed by atoms with Gasteiger partial charge in [-0.1, -0.05) is 18.8 Å². The van der Waals surface area contributed by atoms with Gasteiger partial charge in [0.25, 0.3) is 0 Å². The van der Waals surface area contributed by atoms with E-state index >= 15 is 0 Å². The summed E-state index contributed by atoms with van der Waals surface area (Å²) in [4.78, 5) is 23.0. The van der Waals surface area contributed by atoms with Gasteiger partial charge in [0.05, 0.1) is 18.1 Å². The number of carbonyl (C=O) groups is 2. The van der Waals surface area contributed by atoms with Crippen molar-refractivity contribution >= 4 is 12.3 Å². The van der Waals surface area contributed by atoms with Gasteiger partial charge >= 0.3 is 5.97 Å². The lowest BCUT2D eigenvalue weighted by Crippen LogP contribution is -2.57. The van der Waals surface area contributed by atoms with Crippen LogP contribution in [0.3, 0.4) is 0 Å². The summed E-state index contributed by atoms with van der Waals surface area (Å²) in [6.45, 7) is 5.35. The zero-order valence-electron chi connectivity index (χ0n) is 23.5. The Bertz CT molecular complexity index is 828. The van der Waals surface area contributed by atoms with Crippen LogP contribution in [0.4, 0.5) is 0 Å². The van der Waals surface area contributed by atoms with Crippen LogP contribution >= 0.6 is 0 Å². The molecule has 0 aromatic heterocycles. The fourth-order valence-electron chi connectivity index (χ4n) is 6.62. The molecule has 0 amide bonds. The molecule has 216 valence electrons. The Balaban J connectivity index is 1.64. The molecular weight excluding hydrogens is 482 g/mol. The molecule has 3 aliphatic heterocycles. The normalized spacial score (nSPS) is 37.7. The van der Waals surface area contributed by atoms with Crippen LogP contribution in [0.2, 0.25) is 0 Å². The van der Waals surface area contributed by atoms with E-state index in [0.717, 1.165) is 83.5 Å². The second-order valence-electron chi connectivity index (χ2n) is 12.7. The number of β-amino-alcohol motifs (C(OH)–C–C–N with tert-alkyl or cyclic N) is 1. The molecule has 3 heterocycles. The number of fused-ring (bicyclic) bond motifs is 2. The first-order valence-corrected chi connectivity index (χ1v) is 14.9. The number of aliphatic carboxylic acids is 1. The third-order valence-corrected chi connectivity index (χ3v) is 9.09. The Morgan fingerprint density at radius 2 is 2.03 bits per heavy atom. The van der Waals surface area contributed by atoms with E-state index in [1.807, 2.05) is 6.92 Å². The van der Waals surface area contributed by atoms with Gasteiger partial charge in [-0.3, -0.25) is 4.79 Å². The van der Waals surface area contributed by atoms with Gasteiger partial charge in [-0.15, -0.1) is 5.92 Å². The summed E-state index contributed by atoms with van der Waals surface area (Å²) in [6.07, 6.45) is 11.2. The van der Waals surface area contributed by atoms with Crippen molar-refractivity contribution in [3.63, 3.8) is 0 Å². The molecule has 0 saturated carbocycles. The summed E-state index contributed by atoms with van der Waals surface area (Å²) in [5.41, 5.74) is -1.41. The van der Waals surface area contributed by atoms with Crippen molar-refractivity contribution in [2.24, 2.45) is 11.8 Å². The number of aliphatic hydroxyl groups excluding tert-OH is 1. The number of hydrogen-bond donors (Lipinski definition) is 6. The van der Waals surface area contributed by atoms with Crippen molar-refractivity contribution in [3.05, 3.63) is 0 Å². The SMILES string of the molecule is C[C@@H]1N[C@H](C[C@@H](CC=O)CC[C@H]2C#CC[C@@H]3C[C@@](C)(CCN3)NC[C@](O)(CC(=O)O)CCCC2)CC[C@H]1O. The summed E-state index contributed by atoms with van der Waals surface area (Å²) in [7, 11) is 0. The fraction of sp³-hybridized carbons (Fsp3) is 0.867. The zero-order valence-corrected chi connectivity index (χ0v) is 23.5. The molecule has 6 N–H and O–H groups in total. The number of nitrogens with one attached hydrogen (secondary N) is 3. The molecular formula is C30H51N3O5. The summed E-state index contributed by atoms with van der Waals surface area (Å²) >= 11 is 0. The molecule has 0 spiro atoms. The predicted molar refractivity (Wildman–Crippen MR) is 149 cm³/mol. The van der Waals surface area contributed by atoms with Crippen LogP contribution in [0.15, 0.2) is 0 Å². The van der Waals surface area contributed by atoms with E-state index in [1.54, 1.807) is 0 Å². The molecule has 8 heteroatoms. The maximum Gasteiger partial charge on any atom is 0.306 e. The lowest BCUT2D eigenvalue weighted by molar-refractivity contribution is -0.143. The smallest absolute Gasteiger partial charge is 0.306 e. The molecule has 3 aliphatic rings. The highest BCUT2D eigenvalue weighted by Crippen LogP contribution is 2.29. The van der Waals surface area contributed by atoms with E-state index in [9.17, 15) is 24.9 Å². The number of rotatable bonds is 9. The van der Waals surface area contributed by atoms with Crippen molar-refractivity contribution in [1.82, 2.24) is 16.0 Å². The molecule has 0 aliphatic carbocycles. The number of hydrogen-bond acceptors (Lipinski definition) is 7. The average molecular weight is 534 g/mol. The molecule has 2 fully saturated rings. The number of carboxylic acid groups (broad SMARTS) is 1. The van der Waals surface area contributed by atoms with Gasteiger partial charge in [-0.2, -0.15) is 0 Å². The third kappa shape index (κ3) is 10.2. The lowest BCUT2D eigenvalue weighted by atomic mass is 9.82. The van der Waals surface area contributed by atoms with Crippen LogP contribution in [0, 0.1) is 23.7 Å². The molecule has 2 bridgehead atoms. The van der Waals surface area contributed by atoms with Crippen LogP contribution < -0.4 is 16.0 Å². The summed E-state index contributed by atoms with van der Waals surface area (Å²) in [6, 6.07) is 0.685. The van der Waals surface area contributed by atoms with Crippen LogP contribution in [-0.4, -0.2) is 76.0 Å². The van der Waals surface area contributed by atoms with Crippen LogP contribution in [0.25, 0.3) is 0 Å². The second kappa shape index (κ2) is 14.8. The van der Waals surface area contributed by atoms with Gasteiger partial charge in [0.2, 0.25) is 0 Å². The van der Waals surface area contributed by atoms with Gasteiger partial charge in [-0.25, -0.2) is 0 Å². The molecule has 2 saturated heterocycles. The molecule has 8 atom stereocenters. The van der Waals surface area contributed by atoms with Crippen molar-refractivity contribution < 1.29 is 24.9 Å². The van der Waals surface area contributed by atoms with E-state index in [-0.39, 0.29) is 42.6 Å². The summed E-state index contributed by atoms with van der Waals surface area (Å²) in [5.74, 6) is 6.59. The molecule has 8 nitrogen and oxygen atoms in total. The Labute approximate surface area is 229 Å². The van der Waals surface area contributed by atoms with Crippen molar-refractivity contribution in [1.29, 1.82) is 0 Å². The summed E-state index contributed by atoms with van der Waals surface area (Å²) < 4.78 is 0. The molecule has 0 aromatic rings. The topological polar surface area (TPSA) is 131 Å². The molecule has 0 aromatic carbocycles. The van der Waals surface area contributed by atoms with Crippen molar-refractivity contribution in [2.75, 3.05) is 13.1 Å².